The fourth-order valence-corrected chi connectivity index (χ4v) is 6.51. The number of hydrogen-bond donors (Lipinski definition) is 3. The van der Waals surface area contributed by atoms with E-state index in [4.69, 9.17) is 21.6 Å². The number of nitrogens with zero attached hydrogens (tertiary/aromatic N) is 5. The number of rotatable bonds is 10. The zero-order chi connectivity index (χ0) is 30.6. The van der Waals surface area contributed by atoms with E-state index < -0.39 is 11.6 Å². The summed E-state index contributed by atoms with van der Waals surface area (Å²) in [6, 6.07) is 9.47. The van der Waals surface area contributed by atoms with E-state index in [2.05, 4.69) is 37.3 Å². The molecule has 2 saturated heterocycles. The lowest BCUT2D eigenvalue weighted by molar-refractivity contribution is 0.0941. The van der Waals surface area contributed by atoms with Crippen LogP contribution in [0.1, 0.15) is 48.5 Å². The average Bonchev–Trinajstić information content (AvgIpc) is 3.65. The summed E-state index contributed by atoms with van der Waals surface area (Å²) in [5, 5.41) is 10.1. The predicted molar refractivity (Wildman–Crippen MR) is 168 cm³/mol. The van der Waals surface area contributed by atoms with E-state index in [-0.39, 0.29) is 12.5 Å². The van der Waals surface area contributed by atoms with Gasteiger partial charge >= 0.3 is 0 Å². The normalized spacial score (nSPS) is 19.0. The lowest BCUT2D eigenvalue weighted by atomic mass is 9.99. The van der Waals surface area contributed by atoms with Crippen LogP contribution >= 0.6 is 11.6 Å². The van der Waals surface area contributed by atoms with Crippen LogP contribution in [0, 0.1) is 17.6 Å². The van der Waals surface area contributed by atoms with Crippen LogP contribution in [0.25, 0.3) is 22.6 Å². The molecule has 2 aliphatic heterocycles. The molecule has 3 N–H and O–H groups in total. The van der Waals surface area contributed by atoms with E-state index in [0.717, 1.165) is 64.0 Å². The SMILES string of the molecule is CCN1CCC[C@H]1CNC(=O)c1ccc(-c2nc3cnc(NCc4ccc(F)c(F)c4)nc3n2C[C@@H]2CCCNC2)c(Cl)c1. The van der Waals surface area contributed by atoms with Gasteiger partial charge < -0.3 is 20.5 Å². The maximum Gasteiger partial charge on any atom is 0.251 e. The van der Waals surface area contributed by atoms with Crippen LogP contribution in [0.3, 0.4) is 0 Å². The highest BCUT2D eigenvalue weighted by Crippen LogP contribution is 2.32. The lowest BCUT2D eigenvalue weighted by Crippen LogP contribution is -2.40. The number of carbonyl (C=O) groups is 1. The van der Waals surface area contributed by atoms with Crippen molar-refractivity contribution in [2.24, 2.45) is 5.92 Å². The molecule has 1 amide bonds. The zero-order valence-corrected chi connectivity index (χ0v) is 25.5. The van der Waals surface area contributed by atoms with Crippen LogP contribution in [0.4, 0.5) is 14.7 Å². The van der Waals surface area contributed by atoms with Gasteiger partial charge in [-0.05, 0) is 93.7 Å². The van der Waals surface area contributed by atoms with Gasteiger partial charge in [0, 0.05) is 36.8 Å². The van der Waals surface area contributed by atoms with Crippen molar-refractivity contribution in [2.45, 2.75) is 51.7 Å². The Bertz CT molecular complexity index is 1640. The Morgan fingerprint density at radius 1 is 1.11 bits per heavy atom. The number of hydrogen-bond acceptors (Lipinski definition) is 7. The first-order chi connectivity index (χ1) is 21.4. The Morgan fingerprint density at radius 3 is 2.77 bits per heavy atom. The molecule has 4 heterocycles. The predicted octanol–water partition coefficient (Wildman–Crippen LogP) is 5.25. The Labute approximate surface area is 260 Å². The van der Waals surface area contributed by atoms with Gasteiger partial charge in [0.15, 0.2) is 17.3 Å². The molecule has 232 valence electrons. The van der Waals surface area contributed by atoms with Gasteiger partial charge in [0.1, 0.15) is 11.3 Å². The Morgan fingerprint density at radius 2 is 2.00 bits per heavy atom. The van der Waals surface area contributed by atoms with Crippen molar-refractivity contribution in [3.05, 3.63) is 70.4 Å². The molecule has 2 fully saturated rings. The van der Waals surface area contributed by atoms with Crippen LogP contribution in [0.5, 0.6) is 0 Å². The highest BCUT2D eigenvalue weighted by atomic mass is 35.5. The molecule has 2 aromatic heterocycles. The second-order valence-electron chi connectivity index (χ2n) is 11.6. The standard InChI is InChI=1S/C32H37ClF2N8O/c1-2-42-12-4-6-23(42)17-37-31(44)22-8-9-24(25(33)14-22)29-40-28-18-39-32(38-16-20-7-10-26(34)27(35)13-20)41-30(28)43(29)19-21-5-3-11-36-15-21/h7-10,13-14,18,21,23,36H,2-6,11-12,15-17,19H2,1H3,(H,37,44)(H,38,39,41)/t21-,23+/m1/s1. The number of likely N-dealkylation sites (N-methyl/N-ethyl adjacent to an activating group) is 1. The first-order valence-corrected chi connectivity index (χ1v) is 15.7. The fraction of sp³-hybridized carbons (Fsp3) is 0.438. The van der Waals surface area contributed by atoms with E-state index in [1.54, 1.807) is 18.3 Å². The summed E-state index contributed by atoms with van der Waals surface area (Å²) >= 11 is 6.84. The average molecular weight is 623 g/mol. The third-order valence-corrected chi connectivity index (χ3v) is 8.95. The molecule has 12 heteroatoms. The molecule has 0 radical (unpaired) electrons. The number of amides is 1. The van der Waals surface area contributed by atoms with Gasteiger partial charge in [0.2, 0.25) is 5.95 Å². The topological polar surface area (TPSA) is 100 Å². The highest BCUT2D eigenvalue weighted by molar-refractivity contribution is 6.33. The second-order valence-corrected chi connectivity index (χ2v) is 12.0. The fourth-order valence-electron chi connectivity index (χ4n) is 6.24. The second kappa shape index (κ2) is 13.5. The van der Waals surface area contributed by atoms with Gasteiger partial charge in [-0.1, -0.05) is 24.6 Å². The molecule has 2 aromatic carbocycles. The minimum atomic E-state index is -0.901. The van der Waals surface area contributed by atoms with Crippen molar-refractivity contribution in [3.63, 3.8) is 0 Å². The smallest absolute Gasteiger partial charge is 0.251 e. The molecular formula is C32H37ClF2N8O. The van der Waals surface area contributed by atoms with Crippen LogP contribution in [-0.4, -0.2) is 69.1 Å². The van der Waals surface area contributed by atoms with E-state index in [0.29, 0.717) is 69.7 Å². The molecule has 44 heavy (non-hydrogen) atoms. The molecule has 9 nitrogen and oxygen atoms in total. The van der Waals surface area contributed by atoms with E-state index in [9.17, 15) is 13.6 Å². The van der Waals surface area contributed by atoms with Crippen molar-refractivity contribution in [3.8, 4) is 11.4 Å². The quantitative estimate of drug-likeness (QED) is 0.222. The third-order valence-electron chi connectivity index (χ3n) is 8.64. The number of imidazole rings is 1. The number of benzene rings is 2. The van der Waals surface area contributed by atoms with Crippen molar-refractivity contribution < 1.29 is 13.6 Å². The Kier molecular flexibility index (Phi) is 9.34. The van der Waals surface area contributed by atoms with Crippen molar-refractivity contribution in [2.75, 3.05) is 38.0 Å². The van der Waals surface area contributed by atoms with Crippen LogP contribution in [-0.2, 0) is 13.1 Å². The van der Waals surface area contributed by atoms with Crippen molar-refractivity contribution >= 4 is 34.6 Å². The van der Waals surface area contributed by atoms with Gasteiger partial charge in [-0.15, -0.1) is 0 Å². The largest absolute Gasteiger partial charge is 0.350 e. The van der Waals surface area contributed by atoms with E-state index in [1.165, 1.54) is 6.07 Å². The molecule has 0 spiro atoms. The van der Waals surface area contributed by atoms with Crippen LogP contribution in [0.2, 0.25) is 5.02 Å². The first kappa shape index (κ1) is 30.4. The molecule has 0 bridgehead atoms. The monoisotopic (exact) mass is 622 g/mol. The van der Waals surface area contributed by atoms with Crippen molar-refractivity contribution in [1.29, 1.82) is 0 Å². The number of fused-ring (bicyclic) bond motifs is 1. The number of anilines is 1. The minimum absolute atomic E-state index is 0.147. The summed E-state index contributed by atoms with van der Waals surface area (Å²) in [6.45, 7) is 7.60. The highest BCUT2D eigenvalue weighted by Gasteiger charge is 2.25. The van der Waals surface area contributed by atoms with Crippen LogP contribution < -0.4 is 16.0 Å². The van der Waals surface area contributed by atoms with Crippen molar-refractivity contribution in [1.82, 2.24) is 35.1 Å². The number of piperidine rings is 1. The molecule has 0 saturated carbocycles. The number of likely N-dealkylation sites (tertiary alicyclic amines) is 1. The van der Waals surface area contributed by atoms with Gasteiger partial charge in [-0.2, -0.15) is 4.98 Å². The summed E-state index contributed by atoms with van der Waals surface area (Å²) in [7, 11) is 0. The van der Waals surface area contributed by atoms with Gasteiger partial charge in [0.25, 0.3) is 5.91 Å². The van der Waals surface area contributed by atoms with E-state index in [1.807, 2.05) is 6.07 Å². The van der Waals surface area contributed by atoms with Gasteiger partial charge in [-0.25, -0.2) is 18.7 Å². The number of carbonyl (C=O) groups excluding carboxylic acids is 1. The van der Waals surface area contributed by atoms with E-state index >= 15 is 0 Å². The molecular weight excluding hydrogens is 586 g/mol. The summed E-state index contributed by atoms with van der Waals surface area (Å²) in [5.74, 6) is -0.569. The summed E-state index contributed by atoms with van der Waals surface area (Å²) in [4.78, 5) is 29.5. The number of nitrogens with one attached hydrogen (secondary N) is 3. The molecule has 2 atom stereocenters. The van der Waals surface area contributed by atoms with Gasteiger partial charge in [-0.3, -0.25) is 9.69 Å². The van der Waals surface area contributed by atoms with Gasteiger partial charge in [0.05, 0.1) is 11.2 Å². The summed E-state index contributed by atoms with van der Waals surface area (Å²) < 4.78 is 29.1. The molecule has 6 rings (SSSR count). The molecule has 0 aliphatic carbocycles. The third kappa shape index (κ3) is 6.69. The summed E-state index contributed by atoms with van der Waals surface area (Å²) in [6.07, 6.45) is 6.05. The minimum Gasteiger partial charge on any atom is -0.350 e. The molecule has 2 aliphatic rings. The first-order valence-electron chi connectivity index (χ1n) is 15.3. The van der Waals surface area contributed by atoms with Crippen LogP contribution in [0.15, 0.2) is 42.6 Å². The summed E-state index contributed by atoms with van der Waals surface area (Å²) in [5.41, 5.74) is 3.02. The lowest BCUT2D eigenvalue weighted by Gasteiger charge is -2.24. The molecule has 0 unspecified atom stereocenters. The number of halogens is 3. The Balaban J connectivity index is 1.26. The molecule has 4 aromatic rings. The maximum absolute atomic E-state index is 13.7. The maximum atomic E-state index is 13.7. The zero-order valence-electron chi connectivity index (χ0n) is 24.8. The Hall–Kier alpha value is -3.67. The number of aromatic nitrogens is 4.